The molecule has 0 aromatic rings. The minimum Gasteiger partial charge on any atom is -0.312 e. The van der Waals surface area contributed by atoms with Gasteiger partial charge in [-0.1, -0.05) is 83.1 Å². The van der Waals surface area contributed by atoms with E-state index in [9.17, 15) is 0 Å². The van der Waals surface area contributed by atoms with E-state index in [1.54, 1.807) is 0 Å². The Bertz CT molecular complexity index is 431. The molecule has 330 valence electrons. The molecule has 0 fully saturated rings. The molecule has 0 spiro atoms. The molecular formula is C36H84NiO12P4. The first-order valence-electron chi connectivity index (χ1n) is 20.1. The summed E-state index contributed by atoms with van der Waals surface area (Å²) in [6.45, 7) is 33.6. The van der Waals surface area contributed by atoms with Crippen LogP contribution in [0.3, 0.4) is 0 Å². The first-order valence-corrected chi connectivity index (χ1v) is 24.5. The Hall–Kier alpha value is 1.73. The average molecular weight is 892 g/mol. The van der Waals surface area contributed by atoms with Gasteiger partial charge >= 0.3 is 34.4 Å². The van der Waals surface area contributed by atoms with E-state index < -0.39 is 34.4 Å². The average Bonchev–Trinajstić information content (AvgIpc) is 3.17. The Morgan fingerprint density at radius 1 is 0.189 bits per heavy atom. The molecule has 0 radical (unpaired) electrons. The van der Waals surface area contributed by atoms with Crippen molar-refractivity contribution in [2.45, 2.75) is 160 Å². The Morgan fingerprint density at radius 3 is 0.321 bits per heavy atom. The van der Waals surface area contributed by atoms with Crippen LogP contribution in [0, 0.1) is 0 Å². The third kappa shape index (κ3) is 58.1. The molecule has 0 heterocycles. The normalized spacial score (nSPS) is 10.9. The summed E-state index contributed by atoms with van der Waals surface area (Å²) in [7, 11) is -4.31. The Kier molecular flexibility index (Phi) is 72.8. The van der Waals surface area contributed by atoms with Crippen LogP contribution in [0.25, 0.3) is 0 Å². The molecule has 0 N–H and O–H groups in total. The summed E-state index contributed by atoms with van der Waals surface area (Å²) in [4.78, 5) is 0. The molecule has 0 bridgehead atoms. The Balaban J connectivity index is -0.000000192. The van der Waals surface area contributed by atoms with Gasteiger partial charge in [0.1, 0.15) is 0 Å². The summed E-state index contributed by atoms with van der Waals surface area (Å²) in [5, 5.41) is 0. The van der Waals surface area contributed by atoms with Gasteiger partial charge in [0.25, 0.3) is 0 Å². The molecule has 0 aliphatic heterocycles. The van der Waals surface area contributed by atoms with Gasteiger partial charge in [0.05, 0.1) is 79.3 Å². The molecule has 0 rings (SSSR count). The maximum absolute atomic E-state index is 5.42. The molecule has 0 atom stereocenters. The molecule has 0 aromatic heterocycles. The van der Waals surface area contributed by atoms with Crippen molar-refractivity contribution in [2.24, 2.45) is 0 Å². The van der Waals surface area contributed by atoms with Crippen LogP contribution in [0.1, 0.15) is 160 Å². The second-order valence-corrected chi connectivity index (χ2v) is 15.8. The number of hydrogen-bond donors (Lipinski definition) is 0. The molecule has 12 nitrogen and oxygen atoms in total. The van der Waals surface area contributed by atoms with Crippen LogP contribution in [0.2, 0.25) is 0 Å². The van der Waals surface area contributed by atoms with Gasteiger partial charge in [-0.05, 0) is 77.0 Å². The van der Waals surface area contributed by atoms with Crippen molar-refractivity contribution in [1.29, 1.82) is 0 Å². The predicted octanol–water partition coefficient (Wildman–Crippen LogP) is 14.0. The van der Waals surface area contributed by atoms with Crippen molar-refractivity contribution in [1.82, 2.24) is 0 Å². The van der Waals surface area contributed by atoms with Crippen LogP contribution in [-0.2, 0) is 70.8 Å². The summed E-state index contributed by atoms with van der Waals surface area (Å²) >= 11 is 0. The van der Waals surface area contributed by atoms with Crippen LogP contribution >= 0.6 is 34.4 Å². The van der Waals surface area contributed by atoms with Gasteiger partial charge in [0, 0.05) is 16.5 Å². The first-order chi connectivity index (χ1) is 25.4. The van der Waals surface area contributed by atoms with E-state index in [-0.39, 0.29) is 16.5 Å². The minimum absolute atomic E-state index is 0. The van der Waals surface area contributed by atoms with Gasteiger partial charge in [-0.15, -0.1) is 0 Å². The molecule has 0 saturated carbocycles. The summed E-state index contributed by atoms with van der Waals surface area (Å²) in [5.74, 6) is 0. The summed E-state index contributed by atoms with van der Waals surface area (Å²) in [6.07, 6.45) is 12.0. The zero-order valence-corrected chi connectivity index (χ0v) is 40.5. The van der Waals surface area contributed by atoms with Crippen LogP contribution < -0.4 is 0 Å². The van der Waals surface area contributed by atoms with Crippen molar-refractivity contribution in [3.8, 4) is 0 Å². The van der Waals surface area contributed by atoms with Crippen LogP contribution in [-0.4, -0.2) is 79.3 Å². The fourth-order valence-electron chi connectivity index (χ4n) is 2.44. The van der Waals surface area contributed by atoms with Gasteiger partial charge in [-0.25, -0.2) is 0 Å². The summed E-state index contributed by atoms with van der Waals surface area (Å²) in [6, 6.07) is 0. The fraction of sp³-hybridized carbons (Fsp3) is 1.00. The molecule has 0 saturated heterocycles. The van der Waals surface area contributed by atoms with Crippen molar-refractivity contribution in [2.75, 3.05) is 79.3 Å². The monoisotopic (exact) mass is 890 g/mol. The quantitative estimate of drug-likeness (QED) is 0.0441. The third-order valence-electron chi connectivity index (χ3n) is 4.81. The SMILES string of the molecule is CCCOP(OCCC)OCCC.CCCOP(OCCC)OCCC.CCCOP(OCCC)OCCC.CCCOP(OCCC)OCCC.[Ni]. The zero-order chi connectivity index (χ0) is 39.8. The number of rotatable bonds is 36. The van der Waals surface area contributed by atoms with E-state index in [1.807, 2.05) is 0 Å². The fourth-order valence-corrected chi connectivity index (χ4v) is 7.31. The maximum Gasteiger partial charge on any atom is 0.332 e. The first kappa shape index (κ1) is 63.9. The predicted molar refractivity (Wildman–Crippen MR) is 223 cm³/mol. The minimum atomic E-state index is -1.08. The molecule has 0 aromatic carbocycles. The second kappa shape index (κ2) is 60.4. The molecule has 53 heavy (non-hydrogen) atoms. The summed E-state index contributed by atoms with van der Waals surface area (Å²) in [5.41, 5.74) is 0. The molecule has 0 unspecified atom stereocenters. The standard InChI is InChI=1S/4C9H21O3P.Ni/c4*1-4-7-10-13(11-8-5-2)12-9-6-3;/h4*4-9H2,1-3H3;. The molecule has 0 aliphatic rings. The van der Waals surface area contributed by atoms with Gasteiger partial charge in [0.15, 0.2) is 0 Å². The largest absolute Gasteiger partial charge is 0.332 e. The molecule has 0 amide bonds. The Labute approximate surface area is 343 Å². The van der Waals surface area contributed by atoms with E-state index in [0.717, 1.165) is 156 Å². The van der Waals surface area contributed by atoms with Crippen LogP contribution in [0.4, 0.5) is 0 Å². The van der Waals surface area contributed by atoms with Crippen molar-refractivity contribution in [3.63, 3.8) is 0 Å². The maximum atomic E-state index is 5.42. The van der Waals surface area contributed by atoms with Gasteiger partial charge < -0.3 is 54.3 Å². The smallest absolute Gasteiger partial charge is 0.312 e. The van der Waals surface area contributed by atoms with Crippen molar-refractivity contribution in [3.05, 3.63) is 0 Å². The van der Waals surface area contributed by atoms with E-state index in [4.69, 9.17) is 54.3 Å². The molecule has 17 heteroatoms. The molecular weight excluding hydrogens is 807 g/mol. The molecule has 0 aliphatic carbocycles. The second-order valence-electron chi connectivity index (χ2n) is 10.9. The van der Waals surface area contributed by atoms with E-state index in [0.29, 0.717) is 0 Å². The number of hydrogen-bond acceptors (Lipinski definition) is 12. The zero-order valence-electron chi connectivity index (χ0n) is 36.0. The van der Waals surface area contributed by atoms with E-state index >= 15 is 0 Å². The summed E-state index contributed by atoms with van der Waals surface area (Å²) < 4.78 is 65.0. The third-order valence-corrected chi connectivity index (χ3v) is 9.53. The van der Waals surface area contributed by atoms with Crippen molar-refractivity contribution < 1.29 is 70.8 Å². The van der Waals surface area contributed by atoms with Crippen LogP contribution in [0.15, 0.2) is 0 Å². The van der Waals surface area contributed by atoms with Gasteiger partial charge in [-0.2, -0.15) is 0 Å². The van der Waals surface area contributed by atoms with Crippen molar-refractivity contribution >= 4 is 34.4 Å². The van der Waals surface area contributed by atoms with E-state index in [1.165, 1.54) is 0 Å². The van der Waals surface area contributed by atoms with Crippen LogP contribution in [0.5, 0.6) is 0 Å². The van der Waals surface area contributed by atoms with E-state index in [2.05, 4.69) is 83.1 Å². The van der Waals surface area contributed by atoms with Gasteiger partial charge in [0.2, 0.25) is 0 Å². The Morgan fingerprint density at radius 2 is 0.264 bits per heavy atom. The topological polar surface area (TPSA) is 111 Å². The van der Waals surface area contributed by atoms with Gasteiger partial charge in [-0.3, -0.25) is 0 Å².